The molecule has 0 saturated carbocycles. The lowest BCUT2D eigenvalue weighted by Crippen LogP contribution is -2.51. The van der Waals surface area contributed by atoms with Crippen molar-refractivity contribution in [3.8, 4) is 36.1 Å². The number of imidazole rings is 2. The topological polar surface area (TPSA) is 101 Å². The van der Waals surface area contributed by atoms with Gasteiger partial charge in [0, 0.05) is 59.6 Å². The molecule has 3 aliphatic heterocycles. The summed E-state index contributed by atoms with van der Waals surface area (Å²) in [5.41, 5.74) is 6.84. The lowest BCUT2D eigenvalue weighted by Gasteiger charge is -2.34. The van der Waals surface area contributed by atoms with Crippen LogP contribution >= 0.6 is 0 Å². The Balaban J connectivity index is 0.995. The summed E-state index contributed by atoms with van der Waals surface area (Å²) in [6.45, 7) is 4.68. The molecule has 0 N–H and O–H groups in total. The molecule has 5 heterocycles. The van der Waals surface area contributed by atoms with Gasteiger partial charge in [-0.15, -0.1) is 12.8 Å². The number of fused-ring (bicyclic) bond motifs is 6. The van der Waals surface area contributed by atoms with Crippen LogP contribution in [0.1, 0.15) is 91.7 Å². The van der Waals surface area contributed by atoms with E-state index in [4.69, 9.17) is 22.8 Å². The molecule has 3 aliphatic rings. The number of terminal acetylenes is 2. The standard InChI is InChI=1S/C46H34F2N8O2/c1-5-29-15-17-37-33(23-29)39(31-11-7-9-13-35(31)47)51-27(3)43-41(49-25-55(37)43)45(57)53-19-21-54(22-20-53)46(58)42-44-28(4)52-40(32-12-8-10-14-36(32)48)34-24-30(6-2)16-18-38(34)56(44)26-50-42/h1-2,7-18,23-28H,19-22H2,3-4H3/t27-,28-/m0/s1. The zero-order chi connectivity index (χ0) is 40.2. The number of rotatable bonds is 4. The average molecular weight is 769 g/mol. The normalized spacial score (nSPS) is 16.9. The van der Waals surface area contributed by atoms with Gasteiger partial charge in [0.25, 0.3) is 11.8 Å². The van der Waals surface area contributed by atoms with Crippen molar-refractivity contribution in [2.45, 2.75) is 25.9 Å². The lowest BCUT2D eigenvalue weighted by atomic mass is 9.98. The lowest BCUT2D eigenvalue weighted by molar-refractivity contribution is 0.0528. The first-order chi connectivity index (χ1) is 28.2. The molecule has 0 radical (unpaired) electrons. The minimum atomic E-state index is -0.580. The van der Waals surface area contributed by atoms with Crippen molar-refractivity contribution in [2.75, 3.05) is 26.2 Å². The van der Waals surface area contributed by atoms with Crippen molar-refractivity contribution >= 4 is 23.2 Å². The van der Waals surface area contributed by atoms with E-state index in [0.717, 1.165) is 0 Å². The Morgan fingerprint density at radius 1 is 0.603 bits per heavy atom. The van der Waals surface area contributed by atoms with Crippen LogP contribution in [0.25, 0.3) is 11.4 Å². The Hall–Kier alpha value is -7.44. The summed E-state index contributed by atoms with van der Waals surface area (Å²) in [4.78, 5) is 51.0. The van der Waals surface area contributed by atoms with Gasteiger partial charge >= 0.3 is 0 Å². The number of piperazine rings is 1. The van der Waals surface area contributed by atoms with E-state index in [1.165, 1.54) is 12.1 Å². The molecule has 0 aliphatic carbocycles. The van der Waals surface area contributed by atoms with Gasteiger partial charge in [0.15, 0.2) is 11.4 Å². The summed E-state index contributed by atoms with van der Waals surface area (Å²) >= 11 is 0. The number of hydrogen-bond donors (Lipinski definition) is 0. The molecule has 9 rings (SSSR count). The van der Waals surface area contributed by atoms with Gasteiger partial charge in [-0.1, -0.05) is 36.1 Å². The van der Waals surface area contributed by atoms with Gasteiger partial charge in [0.1, 0.15) is 24.3 Å². The van der Waals surface area contributed by atoms with Gasteiger partial charge in [0.05, 0.1) is 46.3 Å². The molecule has 1 fully saturated rings. The second-order valence-electron chi connectivity index (χ2n) is 14.3. The zero-order valence-electron chi connectivity index (χ0n) is 31.5. The maximum Gasteiger partial charge on any atom is 0.274 e. The third-order valence-electron chi connectivity index (χ3n) is 10.9. The summed E-state index contributed by atoms with van der Waals surface area (Å²) in [5.74, 6) is 3.84. The molecule has 4 aromatic carbocycles. The molecular weight excluding hydrogens is 735 g/mol. The van der Waals surface area contributed by atoms with Crippen molar-refractivity contribution in [3.05, 3.63) is 165 Å². The highest BCUT2D eigenvalue weighted by molar-refractivity contribution is 6.16. The van der Waals surface area contributed by atoms with E-state index in [2.05, 4.69) is 21.8 Å². The largest absolute Gasteiger partial charge is 0.334 e. The van der Waals surface area contributed by atoms with Crippen molar-refractivity contribution < 1.29 is 18.4 Å². The molecule has 2 amide bonds. The highest BCUT2D eigenvalue weighted by Crippen LogP contribution is 2.36. The van der Waals surface area contributed by atoms with Gasteiger partial charge in [-0.25, -0.2) is 18.7 Å². The average Bonchev–Trinajstić information content (AvgIpc) is 3.85. The van der Waals surface area contributed by atoms with Crippen LogP contribution < -0.4 is 0 Å². The fourth-order valence-electron chi connectivity index (χ4n) is 8.08. The van der Waals surface area contributed by atoms with Crippen LogP contribution in [0.3, 0.4) is 0 Å². The molecule has 12 heteroatoms. The Kier molecular flexibility index (Phi) is 8.90. The summed E-state index contributed by atoms with van der Waals surface area (Å²) in [6, 6.07) is 22.5. The maximum atomic E-state index is 15.2. The predicted molar refractivity (Wildman–Crippen MR) is 216 cm³/mol. The second kappa shape index (κ2) is 14.3. The van der Waals surface area contributed by atoms with E-state index < -0.39 is 23.7 Å². The SMILES string of the molecule is C#Cc1ccc2c(c1)C(c1ccccc1F)=N[C@@H](C)c1c(C(=O)N3CCN(C(=O)c4ncn5c4[C@H](C)N=C(c4ccccc4F)c4cc(C#C)ccc4-5)CC3)ncn1-2. The first kappa shape index (κ1) is 36.2. The highest BCUT2D eigenvalue weighted by Gasteiger charge is 2.36. The summed E-state index contributed by atoms with van der Waals surface area (Å²) < 4.78 is 34.1. The zero-order valence-corrected chi connectivity index (χ0v) is 31.5. The predicted octanol–water partition coefficient (Wildman–Crippen LogP) is 6.72. The van der Waals surface area contributed by atoms with E-state index in [9.17, 15) is 9.59 Å². The van der Waals surface area contributed by atoms with Gasteiger partial charge in [-0.05, 0) is 74.5 Å². The van der Waals surface area contributed by atoms with Crippen LogP contribution in [-0.2, 0) is 0 Å². The third-order valence-corrected chi connectivity index (χ3v) is 10.9. The first-order valence-electron chi connectivity index (χ1n) is 18.8. The molecule has 58 heavy (non-hydrogen) atoms. The van der Waals surface area contributed by atoms with Crippen molar-refractivity contribution in [3.63, 3.8) is 0 Å². The molecule has 1 saturated heterocycles. The van der Waals surface area contributed by atoms with Gasteiger partial charge in [-0.3, -0.25) is 28.7 Å². The molecule has 0 bridgehead atoms. The van der Waals surface area contributed by atoms with Crippen LogP contribution in [-0.4, -0.2) is 78.3 Å². The van der Waals surface area contributed by atoms with E-state index in [-0.39, 0.29) is 49.4 Å². The Morgan fingerprint density at radius 2 is 1.00 bits per heavy atom. The number of nitrogens with zero attached hydrogens (tertiary/aromatic N) is 8. The number of benzene rings is 4. The van der Waals surface area contributed by atoms with E-state index in [0.29, 0.717) is 67.6 Å². The molecule has 0 spiro atoms. The number of aliphatic imine (C=N–C) groups is 2. The minimum Gasteiger partial charge on any atom is -0.334 e. The monoisotopic (exact) mass is 768 g/mol. The molecule has 0 unspecified atom stereocenters. The molecule has 2 atom stereocenters. The second-order valence-corrected chi connectivity index (χ2v) is 14.3. The number of halogens is 2. The molecule has 6 aromatic rings. The number of amides is 2. The van der Waals surface area contributed by atoms with Crippen molar-refractivity contribution in [1.29, 1.82) is 0 Å². The van der Waals surface area contributed by atoms with Crippen molar-refractivity contribution in [2.24, 2.45) is 9.98 Å². The Morgan fingerprint density at radius 3 is 1.38 bits per heavy atom. The van der Waals surface area contributed by atoms with E-state index in [1.807, 2.05) is 35.1 Å². The van der Waals surface area contributed by atoms with Crippen molar-refractivity contribution in [1.82, 2.24) is 28.9 Å². The first-order valence-corrected chi connectivity index (χ1v) is 18.8. The number of aromatic nitrogens is 4. The van der Waals surface area contributed by atoms with Crippen LogP contribution in [0.5, 0.6) is 0 Å². The molecule has 2 aromatic heterocycles. The summed E-state index contributed by atoms with van der Waals surface area (Å²) in [6.07, 6.45) is 14.7. The van der Waals surface area contributed by atoms with Crippen LogP contribution in [0.4, 0.5) is 8.78 Å². The van der Waals surface area contributed by atoms with Gasteiger partial charge in [0.2, 0.25) is 0 Å². The summed E-state index contributed by atoms with van der Waals surface area (Å²) in [5, 5.41) is 0. The van der Waals surface area contributed by atoms with Crippen LogP contribution in [0.15, 0.2) is 108 Å². The quantitative estimate of drug-likeness (QED) is 0.186. The third kappa shape index (κ3) is 5.89. The number of carbonyl (C=O) groups is 2. The summed E-state index contributed by atoms with van der Waals surface area (Å²) in [7, 11) is 0. The van der Waals surface area contributed by atoms with E-state index >= 15 is 8.78 Å². The fourth-order valence-corrected chi connectivity index (χ4v) is 8.08. The van der Waals surface area contributed by atoms with Crippen LogP contribution in [0.2, 0.25) is 0 Å². The number of carbonyl (C=O) groups excluding carboxylic acids is 2. The smallest absolute Gasteiger partial charge is 0.274 e. The maximum absolute atomic E-state index is 15.2. The fraction of sp³-hybridized carbons (Fsp3) is 0.174. The minimum absolute atomic E-state index is 0.223. The molecule has 284 valence electrons. The van der Waals surface area contributed by atoms with Gasteiger partial charge < -0.3 is 9.80 Å². The Labute approximate surface area is 333 Å². The van der Waals surface area contributed by atoms with Crippen LogP contribution in [0, 0.1) is 36.3 Å². The highest BCUT2D eigenvalue weighted by atomic mass is 19.1. The molecule has 10 nitrogen and oxygen atoms in total. The van der Waals surface area contributed by atoms with Gasteiger partial charge in [-0.2, -0.15) is 0 Å². The molecular formula is C46H34F2N8O2. The van der Waals surface area contributed by atoms with E-state index in [1.54, 1.807) is 83.1 Å². The Bertz CT molecular complexity index is 2650. The number of hydrogen-bond acceptors (Lipinski definition) is 6.